The Morgan fingerprint density at radius 2 is 0.319 bits per heavy atom. The molecule has 0 bridgehead atoms. The monoisotopic (exact) mass is 2250 g/mol. The summed E-state index contributed by atoms with van der Waals surface area (Å²) in [6, 6.07) is 64.1. The Kier molecular flexibility index (Phi) is 101. The van der Waals surface area contributed by atoms with Crippen molar-refractivity contribution in [1.29, 1.82) is 0 Å². The molecule has 7 aromatic rings. The van der Waals surface area contributed by atoms with Gasteiger partial charge in [0.2, 0.25) is 0 Å². The topological polar surface area (TPSA) is 184 Å². The molecule has 0 aromatic heterocycles. The van der Waals surface area contributed by atoms with Gasteiger partial charge in [-0.15, -0.1) is 46.4 Å². The molecule has 0 aliphatic rings. The predicted octanol–water partition coefficient (Wildman–Crippen LogP) is 25.9. The molecule has 1 atom stereocenters. The molecular weight excluding hydrogens is 2060 g/mol. The van der Waals surface area contributed by atoms with Gasteiger partial charge in [-0.2, -0.15) is 0 Å². The van der Waals surface area contributed by atoms with Crippen LogP contribution in [0, 0.1) is 0 Å². The number of quaternary nitrogens is 7. The fraction of sp³-hybridized carbons (Fsp3) is 0.566. The van der Waals surface area contributed by atoms with Crippen LogP contribution in [0.3, 0.4) is 0 Å². The second-order valence-electron chi connectivity index (χ2n) is 34.4. The van der Waals surface area contributed by atoms with Gasteiger partial charge in [0.1, 0.15) is 92.1 Å². The van der Waals surface area contributed by atoms with Gasteiger partial charge in [-0.25, -0.2) is 33.6 Å². The molecule has 7 rings (SSSR count). The van der Waals surface area contributed by atoms with Gasteiger partial charge in [0.05, 0.1) is 179 Å². The molecule has 0 saturated carbocycles. The average Bonchev–Trinajstić information content (AvgIpc) is 0.871. The van der Waals surface area contributed by atoms with E-state index in [2.05, 4.69) is 240 Å². The van der Waals surface area contributed by atoms with Crippen molar-refractivity contribution < 1.29 is 98.1 Å². The van der Waals surface area contributed by atoms with Crippen LogP contribution in [0.15, 0.2) is 212 Å². The van der Waals surface area contributed by atoms with E-state index in [0.717, 1.165) is 162 Å². The second-order valence-corrected chi connectivity index (χ2v) is 34.4. The van der Waals surface area contributed by atoms with Crippen LogP contribution in [0.4, 0.5) is 0 Å². The largest absolute Gasteiger partial charge is 0.456 e. The smallest absolute Gasteiger partial charge is 0.338 e. The number of hydrogen-bond donors (Lipinski definition) is 0. The van der Waals surface area contributed by atoms with Gasteiger partial charge in [0, 0.05) is 25.5 Å². The number of nitrogens with zero attached hydrogens (tertiary/aromatic N) is 7. The SMILES string of the molecule is CBr.CBr.CBr.CCCC[N+](CC)(CCC)CCOC(=O)c1ccccc1.CCC[N+](CC)(CCC)CCOC(=O)c1ccccc1.CCC[N+](CC)(CCC)CCOC(=O)c1ccccc1.CC[N+](CC)(CC)CCOC(=O)c1ccccc1.CC[N+](CC)(CC)CCOC(=O)c1ccccc1.CCl.CCl.CCl.CCl.C[N+](C)(C)CCOC(=O)c1ccccc1.C[N+](C)(C)CCOC(=O)c1ccccc1. The Morgan fingerprint density at radius 1 is 0.191 bits per heavy atom. The number of rotatable bonds is 50. The zero-order valence-electron chi connectivity index (χ0n) is 92.2. The van der Waals surface area contributed by atoms with Crippen molar-refractivity contribution in [1.82, 2.24) is 0 Å². The summed E-state index contributed by atoms with van der Waals surface area (Å²) in [7, 11) is 12.4. The maximum atomic E-state index is 12.0. The van der Waals surface area contributed by atoms with Crippen molar-refractivity contribution in [2.45, 2.75) is 149 Å². The van der Waals surface area contributed by atoms with Crippen molar-refractivity contribution >= 4 is 136 Å². The van der Waals surface area contributed by atoms with Gasteiger partial charge in [0.15, 0.2) is 0 Å². The van der Waals surface area contributed by atoms with E-state index in [1.807, 2.05) is 145 Å². The van der Waals surface area contributed by atoms with Gasteiger partial charge in [-0.1, -0.05) is 223 Å². The van der Waals surface area contributed by atoms with Gasteiger partial charge >= 0.3 is 41.8 Å². The lowest BCUT2D eigenvalue weighted by atomic mass is 10.2. The van der Waals surface area contributed by atoms with E-state index in [0.29, 0.717) is 85.2 Å². The van der Waals surface area contributed by atoms with Crippen molar-refractivity contribution in [3.05, 3.63) is 251 Å². The summed E-state index contributed by atoms with van der Waals surface area (Å²) in [6.07, 6.45) is 14.2. The van der Waals surface area contributed by atoms with Crippen LogP contribution in [0.1, 0.15) is 221 Å². The number of likely N-dealkylation sites (N-methyl/N-ethyl adjacent to an activating group) is 7. The Balaban J connectivity index is -0.000000291. The molecule has 0 radical (unpaired) electrons. The van der Waals surface area contributed by atoms with Crippen LogP contribution in [0.5, 0.6) is 0 Å². The van der Waals surface area contributed by atoms with E-state index in [1.165, 1.54) is 83.6 Å². The summed E-state index contributed by atoms with van der Waals surface area (Å²) in [5, 5.41) is 0. The van der Waals surface area contributed by atoms with E-state index < -0.39 is 0 Å². The second kappa shape index (κ2) is 96.6. The highest BCUT2D eigenvalue weighted by molar-refractivity contribution is 9.09. The number of alkyl halides is 7. The maximum Gasteiger partial charge on any atom is 0.338 e. The number of esters is 7. The number of benzene rings is 7. The molecule has 0 aliphatic heterocycles. The molecule has 141 heavy (non-hydrogen) atoms. The molecule has 1 unspecified atom stereocenters. The third-order valence-electron chi connectivity index (χ3n) is 23.6. The minimum absolute atomic E-state index is 0.211. The predicted molar refractivity (Wildman–Crippen MR) is 611 cm³/mol. The molecule has 0 aliphatic carbocycles. The summed E-state index contributed by atoms with van der Waals surface area (Å²) in [5.74, 6) is 3.85. The fourth-order valence-electron chi connectivity index (χ4n) is 14.7. The van der Waals surface area contributed by atoms with Crippen LogP contribution >= 0.6 is 94.2 Å². The number of ether oxygens (including phenoxy) is 7. The minimum atomic E-state index is -0.246. The quantitative estimate of drug-likeness (QED) is 0.0152. The first-order valence-corrected chi connectivity index (χ1v) is 57.7. The number of carbonyl (C=O) groups excluding carboxylic acids is 7. The van der Waals surface area contributed by atoms with E-state index >= 15 is 0 Å². The lowest BCUT2D eigenvalue weighted by molar-refractivity contribution is -0.926. The average molecular weight is 2250 g/mol. The molecule has 0 heterocycles. The molecule has 0 N–H and O–H groups in total. The Labute approximate surface area is 902 Å². The summed E-state index contributed by atoms with van der Waals surface area (Å²) >= 11 is 27.4. The first-order valence-electron chi connectivity index (χ1n) is 49.9. The van der Waals surface area contributed by atoms with Crippen molar-refractivity contribution in [2.24, 2.45) is 0 Å². The highest BCUT2D eigenvalue weighted by Gasteiger charge is 2.29. The molecular formula is C113H191Br3Cl4N7O14+7. The molecule has 0 fully saturated rings. The maximum absolute atomic E-state index is 12.0. The number of halogens is 7. The van der Waals surface area contributed by atoms with E-state index in [1.54, 1.807) is 84.9 Å². The molecule has 7 aromatic carbocycles. The lowest BCUT2D eigenvalue weighted by Crippen LogP contribution is -2.51. The molecule has 0 spiro atoms. The lowest BCUT2D eigenvalue weighted by Gasteiger charge is -2.37. The summed E-state index contributed by atoms with van der Waals surface area (Å²) in [6.45, 7) is 59.5. The molecule has 0 saturated heterocycles. The highest BCUT2D eigenvalue weighted by atomic mass is 79.9. The van der Waals surface area contributed by atoms with Crippen LogP contribution in [-0.2, 0) is 33.2 Å². The third-order valence-corrected chi connectivity index (χ3v) is 23.6. The van der Waals surface area contributed by atoms with E-state index in [4.69, 9.17) is 33.2 Å². The molecule has 28 heteroatoms. The van der Waals surface area contributed by atoms with Crippen LogP contribution in [0.25, 0.3) is 0 Å². The van der Waals surface area contributed by atoms with Crippen molar-refractivity contribution in [2.75, 3.05) is 276 Å². The van der Waals surface area contributed by atoms with Crippen molar-refractivity contribution in [3.8, 4) is 0 Å². The summed E-state index contributed by atoms with van der Waals surface area (Å²) < 4.78 is 44.0. The first kappa shape index (κ1) is 147. The van der Waals surface area contributed by atoms with E-state index in [-0.39, 0.29) is 41.8 Å². The molecule has 804 valence electrons. The summed E-state index contributed by atoms with van der Waals surface area (Å²) in [5.41, 5.74) is 4.37. The van der Waals surface area contributed by atoms with Crippen LogP contribution in [-0.4, -0.2) is 349 Å². The Bertz CT molecular complexity index is 3780. The zero-order chi connectivity index (χ0) is 109. The normalized spacial score (nSPS) is 10.8. The fourth-order valence-corrected chi connectivity index (χ4v) is 14.7. The Hall–Kier alpha value is -6.85. The first-order chi connectivity index (χ1) is 67.8. The minimum Gasteiger partial charge on any atom is -0.456 e. The number of unbranched alkanes of at least 4 members (excludes halogenated alkanes) is 1. The number of carbonyl (C=O) groups is 7. The molecule has 21 nitrogen and oxygen atoms in total. The van der Waals surface area contributed by atoms with Gasteiger partial charge in [-0.3, -0.25) is 0 Å². The third kappa shape index (κ3) is 72.2. The summed E-state index contributed by atoms with van der Waals surface area (Å²) in [4.78, 5) is 82.3. The van der Waals surface area contributed by atoms with Crippen LogP contribution < -0.4 is 0 Å². The van der Waals surface area contributed by atoms with Gasteiger partial charge in [-0.05, 0) is 203 Å². The van der Waals surface area contributed by atoms with Gasteiger partial charge in [0.25, 0.3) is 0 Å². The molecule has 0 amide bonds. The van der Waals surface area contributed by atoms with Gasteiger partial charge < -0.3 is 64.5 Å². The zero-order valence-corrected chi connectivity index (χ0v) is 99.9. The van der Waals surface area contributed by atoms with E-state index in [9.17, 15) is 33.6 Å². The Morgan fingerprint density at radius 3 is 0.440 bits per heavy atom. The number of hydrogen-bond acceptors (Lipinski definition) is 14. The highest BCUT2D eigenvalue weighted by Crippen LogP contribution is 2.17. The standard InChI is InChI=1S/C18H30NO2.2C17H28NO2.2C15H24NO2.2C12H18NO2.3CH3Br.4CH3Cl/c1-4-7-14-19(6-3,13-5-2)15-16-21-18(20)17-11-9-8-10-12-17;2*1-4-12-18(6-3,13-5-2)14-15-20-17(19)16-10-8-7-9-11-16;2*1-4-16(5-2,6-3)12-13-18-15(17)14-10-8-7-9-11-14;2*1-13(2,3)9-10-15-12(14)11-7-5-4-6-8-11;7*1-2/h8-12H,4-7,13-16H2,1-3H3;2*7-11H,4-6,12-15H2,1-3H3;2*7-11H,4-6,12-13H2,1-3H3;2*4-8H,9-10H2,1-3H3;7*1H3/q7*+1;;;;;;;. The van der Waals surface area contributed by atoms with Crippen LogP contribution in [0.2, 0.25) is 0 Å². The van der Waals surface area contributed by atoms with Crippen molar-refractivity contribution in [3.63, 3.8) is 0 Å².